The van der Waals surface area contributed by atoms with Crippen LogP contribution < -0.4 is 0 Å². The van der Waals surface area contributed by atoms with E-state index in [1.165, 1.54) is 0 Å². The van der Waals surface area contributed by atoms with Crippen LogP contribution in [0.5, 0.6) is 0 Å². The summed E-state index contributed by atoms with van der Waals surface area (Å²) in [5.41, 5.74) is 0. The number of aliphatic imine (C=N–C) groups is 1. The van der Waals surface area contributed by atoms with Crippen molar-refractivity contribution in [3.05, 3.63) is 0 Å². The number of carbonyl (C=O) groups is 1. The van der Waals surface area contributed by atoms with E-state index < -0.39 is 0 Å². The normalized spacial score (nSPS) is 35.8. The monoisotopic (exact) mass is 212 g/mol. The summed E-state index contributed by atoms with van der Waals surface area (Å²) >= 11 is 1.68. The van der Waals surface area contributed by atoms with Crippen molar-refractivity contribution in [2.75, 3.05) is 12.8 Å². The molecule has 2 bridgehead atoms. The molecule has 3 unspecified atom stereocenters. The number of thioether (sulfide) groups is 1. The van der Waals surface area contributed by atoms with Gasteiger partial charge in [-0.3, -0.25) is 9.79 Å². The first-order valence-electron chi connectivity index (χ1n) is 5.02. The van der Waals surface area contributed by atoms with E-state index in [0.29, 0.717) is 12.0 Å². The molecule has 2 rings (SSSR count). The van der Waals surface area contributed by atoms with E-state index in [9.17, 15) is 4.79 Å². The second-order valence-electron chi connectivity index (χ2n) is 4.11. The molecule has 0 aromatic carbocycles. The molecule has 0 spiro atoms. The number of hydrogen-bond acceptors (Lipinski definition) is 3. The second-order valence-corrected chi connectivity index (χ2v) is 4.93. The van der Waals surface area contributed by atoms with Crippen molar-refractivity contribution in [1.82, 2.24) is 4.90 Å². The Morgan fingerprint density at radius 1 is 1.64 bits per heavy atom. The molecule has 2 aliphatic heterocycles. The lowest BCUT2D eigenvalue weighted by Gasteiger charge is -2.33. The van der Waals surface area contributed by atoms with Crippen molar-refractivity contribution in [3.8, 4) is 0 Å². The molecule has 0 radical (unpaired) electrons. The predicted molar refractivity (Wildman–Crippen MR) is 59.7 cm³/mol. The van der Waals surface area contributed by atoms with Crippen LogP contribution in [-0.2, 0) is 4.79 Å². The first kappa shape index (κ1) is 10.0. The van der Waals surface area contributed by atoms with E-state index in [1.54, 1.807) is 18.7 Å². The zero-order valence-electron chi connectivity index (χ0n) is 8.86. The minimum absolute atomic E-state index is 0.200. The molecule has 0 aliphatic carbocycles. The summed E-state index contributed by atoms with van der Waals surface area (Å²) in [5, 5.41) is 1.14. The Hall–Kier alpha value is -0.510. The number of carbonyl (C=O) groups excluding carboxylic acids is 1. The number of amides is 1. The van der Waals surface area contributed by atoms with Gasteiger partial charge in [-0.1, -0.05) is 6.92 Å². The molecular formula is C10H16N2OS. The third kappa shape index (κ3) is 1.36. The van der Waals surface area contributed by atoms with E-state index in [4.69, 9.17) is 0 Å². The van der Waals surface area contributed by atoms with E-state index in [-0.39, 0.29) is 11.9 Å². The third-order valence-electron chi connectivity index (χ3n) is 3.24. The van der Waals surface area contributed by atoms with Crippen LogP contribution in [0.25, 0.3) is 0 Å². The highest BCUT2D eigenvalue weighted by atomic mass is 32.2. The van der Waals surface area contributed by atoms with Crippen molar-refractivity contribution in [1.29, 1.82) is 0 Å². The molecule has 78 valence electrons. The van der Waals surface area contributed by atoms with Crippen LogP contribution in [0.15, 0.2) is 4.99 Å². The van der Waals surface area contributed by atoms with Crippen molar-refractivity contribution in [2.45, 2.75) is 32.4 Å². The zero-order valence-corrected chi connectivity index (χ0v) is 9.67. The molecule has 2 aliphatic rings. The molecule has 0 aromatic rings. The molecule has 0 saturated carbocycles. The summed E-state index contributed by atoms with van der Waals surface area (Å²) in [6, 6.07) is 0.629. The van der Waals surface area contributed by atoms with Gasteiger partial charge >= 0.3 is 0 Å². The van der Waals surface area contributed by atoms with Crippen LogP contribution in [0, 0.1) is 5.92 Å². The lowest BCUT2D eigenvalue weighted by Crippen LogP contribution is -2.48. The highest BCUT2D eigenvalue weighted by Crippen LogP contribution is 2.35. The van der Waals surface area contributed by atoms with Gasteiger partial charge in [0.15, 0.2) is 0 Å². The minimum Gasteiger partial charge on any atom is -0.329 e. The zero-order chi connectivity index (χ0) is 10.3. The Labute approximate surface area is 89.0 Å². The van der Waals surface area contributed by atoms with E-state index in [1.807, 2.05) is 11.2 Å². The molecule has 1 amide bonds. The molecule has 0 N–H and O–H groups in total. The summed E-state index contributed by atoms with van der Waals surface area (Å²) in [7, 11) is 0. The van der Waals surface area contributed by atoms with Crippen LogP contribution in [0.1, 0.15) is 20.3 Å². The fourth-order valence-corrected chi connectivity index (χ4v) is 3.24. The topological polar surface area (TPSA) is 32.7 Å². The maximum absolute atomic E-state index is 11.5. The quantitative estimate of drug-likeness (QED) is 0.608. The van der Waals surface area contributed by atoms with Crippen LogP contribution in [0.2, 0.25) is 0 Å². The maximum atomic E-state index is 11.5. The fourth-order valence-electron chi connectivity index (χ4n) is 2.56. The third-order valence-corrected chi connectivity index (χ3v) is 4.06. The van der Waals surface area contributed by atoms with E-state index >= 15 is 0 Å². The largest absolute Gasteiger partial charge is 0.329 e. The van der Waals surface area contributed by atoms with Gasteiger partial charge in [0.2, 0.25) is 5.91 Å². The second kappa shape index (κ2) is 3.57. The van der Waals surface area contributed by atoms with Crippen LogP contribution >= 0.6 is 11.8 Å². The first-order valence-corrected chi connectivity index (χ1v) is 6.25. The van der Waals surface area contributed by atoms with Gasteiger partial charge in [-0.15, -0.1) is 11.8 Å². The van der Waals surface area contributed by atoms with Crippen LogP contribution in [0.4, 0.5) is 0 Å². The number of nitrogens with zero attached hydrogens (tertiary/aromatic N) is 2. The maximum Gasteiger partial charge on any atom is 0.220 e. The Balaban J connectivity index is 2.29. The minimum atomic E-state index is 0.200. The Kier molecular flexibility index (Phi) is 2.56. The molecule has 14 heavy (non-hydrogen) atoms. The van der Waals surface area contributed by atoms with Crippen molar-refractivity contribution < 1.29 is 4.79 Å². The van der Waals surface area contributed by atoms with Gasteiger partial charge in [0.1, 0.15) is 0 Å². The van der Waals surface area contributed by atoms with Gasteiger partial charge in [-0.2, -0.15) is 0 Å². The predicted octanol–water partition coefficient (Wildman–Crippen LogP) is 1.39. The van der Waals surface area contributed by atoms with Gasteiger partial charge < -0.3 is 4.90 Å². The standard InChI is InChI=1S/C10H16N2OS/c1-6-4-8-10(14-3)11-5-9(6)12(8)7(2)13/h6,8-9H,4-5H2,1-3H3. The molecule has 2 heterocycles. The van der Waals surface area contributed by atoms with Gasteiger partial charge in [0, 0.05) is 6.92 Å². The molecule has 0 aromatic heterocycles. The molecule has 3 atom stereocenters. The fraction of sp³-hybridized carbons (Fsp3) is 0.800. The smallest absolute Gasteiger partial charge is 0.220 e. The summed E-state index contributed by atoms with van der Waals surface area (Å²) in [4.78, 5) is 18.1. The highest BCUT2D eigenvalue weighted by Gasteiger charge is 2.44. The summed E-state index contributed by atoms with van der Waals surface area (Å²) in [6.07, 6.45) is 3.13. The molecule has 1 saturated heterocycles. The van der Waals surface area contributed by atoms with E-state index in [0.717, 1.165) is 18.0 Å². The summed E-state index contributed by atoms with van der Waals surface area (Å²) in [6.45, 7) is 4.69. The molecule has 1 fully saturated rings. The van der Waals surface area contributed by atoms with Crippen molar-refractivity contribution in [3.63, 3.8) is 0 Å². The average molecular weight is 212 g/mol. The van der Waals surface area contributed by atoms with Gasteiger partial charge in [-0.25, -0.2) is 0 Å². The van der Waals surface area contributed by atoms with Gasteiger partial charge in [-0.05, 0) is 18.6 Å². The van der Waals surface area contributed by atoms with Crippen LogP contribution in [0.3, 0.4) is 0 Å². The first-order chi connectivity index (χ1) is 6.65. The summed E-state index contributed by atoms with van der Waals surface area (Å²) in [5.74, 6) is 0.795. The van der Waals surface area contributed by atoms with Crippen molar-refractivity contribution in [2.24, 2.45) is 10.9 Å². The Morgan fingerprint density at radius 3 is 2.93 bits per heavy atom. The van der Waals surface area contributed by atoms with Gasteiger partial charge in [0.05, 0.1) is 23.7 Å². The number of rotatable bonds is 0. The van der Waals surface area contributed by atoms with Crippen molar-refractivity contribution >= 4 is 22.7 Å². The Bertz CT molecular complexity index is 290. The van der Waals surface area contributed by atoms with E-state index in [2.05, 4.69) is 11.9 Å². The summed E-state index contributed by atoms with van der Waals surface area (Å²) < 4.78 is 0. The number of hydrogen-bond donors (Lipinski definition) is 0. The van der Waals surface area contributed by atoms with Crippen LogP contribution in [-0.4, -0.2) is 40.7 Å². The SMILES string of the molecule is CSC1=NCC2C(C)CC1N2C(C)=O. The molecular weight excluding hydrogens is 196 g/mol. The molecule has 3 nitrogen and oxygen atoms in total. The highest BCUT2D eigenvalue weighted by molar-refractivity contribution is 8.13. The Morgan fingerprint density at radius 2 is 2.36 bits per heavy atom. The average Bonchev–Trinajstić information content (AvgIpc) is 2.38. The lowest BCUT2D eigenvalue weighted by atomic mass is 10.0. The lowest BCUT2D eigenvalue weighted by molar-refractivity contribution is -0.130. The number of fused-ring (bicyclic) bond motifs is 2. The van der Waals surface area contributed by atoms with Gasteiger partial charge in [0.25, 0.3) is 0 Å². The molecule has 4 heteroatoms.